The largest absolute Gasteiger partial charge is 0.496 e. The molecule has 1 saturated heterocycles. The van der Waals surface area contributed by atoms with Gasteiger partial charge >= 0.3 is 0 Å². The Hall–Kier alpha value is -1.65. The van der Waals surface area contributed by atoms with E-state index in [1.165, 1.54) is 10.4 Å². The van der Waals surface area contributed by atoms with Gasteiger partial charge in [-0.1, -0.05) is 39.7 Å². The molecule has 158 valence electrons. The molecule has 2 heterocycles. The highest BCUT2D eigenvalue weighted by atomic mass is 79.9. The molecule has 1 fully saturated rings. The average Bonchev–Trinajstić information content (AvgIpc) is 3.23. The molecule has 0 saturated carbocycles. The van der Waals surface area contributed by atoms with Crippen LogP contribution >= 0.6 is 38.9 Å². The van der Waals surface area contributed by atoms with E-state index in [2.05, 4.69) is 20.8 Å². The van der Waals surface area contributed by atoms with Crippen molar-refractivity contribution in [3.05, 3.63) is 57.3 Å². The zero-order chi connectivity index (χ0) is 21.3. The predicted octanol–water partition coefficient (Wildman–Crippen LogP) is 4.75. The number of hydrogen-bond donors (Lipinski definition) is 0. The molecule has 4 rings (SSSR count). The third-order valence-electron chi connectivity index (χ3n) is 4.90. The van der Waals surface area contributed by atoms with Crippen LogP contribution in [0.2, 0.25) is 5.02 Å². The van der Waals surface area contributed by atoms with Gasteiger partial charge in [0.25, 0.3) is 0 Å². The minimum Gasteiger partial charge on any atom is -0.496 e. The van der Waals surface area contributed by atoms with Crippen molar-refractivity contribution in [3.8, 4) is 17.0 Å². The third kappa shape index (κ3) is 4.22. The number of hydrogen-bond acceptors (Lipinski definition) is 6. The van der Waals surface area contributed by atoms with E-state index in [4.69, 9.17) is 21.3 Å². The maximum Gasteiger partial charge on any atom is 0.244 e. The monoisotopic (exact) mass is 527 g/mol. The summed E-state index contributed by atoms with van der Waals surface area (Å²) in [5, 5.41) is 3.08. The van der Waals surface area contributed by atoms with Crippen LogP contribution in [-0.4, -0.2) is 51.0 Å². The Morgan fingerprint density at radius 1 is 1.13 bits per heavy atom. The number of rotatable bonds is 5. The molecule has 0 spiro atoms. The number of sulfonamides is 1. The van der Waals surface area contributed by atoms with Gasteiger partial charge in [-0.15, -0.1) is 11.3 Å². The van der Waals surface area contributed by atoms with Gasteiger partial charge in [-0.05, 0) is 30.3 Å². The van der Waals surface area contributed by atoms with Gasteiger partial charge in [0.15, 0.2) is 5.13 Å². The van der Waals surface area contributed by atoms with Gasteiger partial charge in [0.2, 0.25) is 10.0 Å². The number of aromatic nitrogens is 1. The second-order valence-electron chi connectivity index (χ2n) is 6.68. The number of para-hydroxylation sites is 1. The fraction of sp³-hybridized carbons (Fsp3) is 0.250. The van der Waals surface area contributed by atoms with Crippen LogP contribution in [0.5, 0.6) is 5.75 Å². The van der Waals surface area contributed by atoms with Gasteiger partial charge < -0.3 is 9.64 Å². The molecule has 2 aromatic carbocycles. The lowest BCUT2D eigenvalue weighted by molar-refractivity contribution is 0.385. The molecule has 0 aliphatic carbocycles. The number of nitrogens with zero attached hydrogens (tertiary/aromatic N) is 3. The minimum absolute atomic E-state index is 0.133. The van der Waals surface area contributed by atoms with Gasteiger partial charge in [0, 0.05) is 41.6 Å². The average molecular weight is 529 g/mol. The van der Waals surface area contributed by atoms with E-state index < -0.39 is 10.0 Å². The molecule has 1 aliphatic heterocycles. The predicted molar refractivity (Wildman–Crippen MR) is 124 cm³/mol. The van der Waals surface area contributed by atoms with Crippen molar-refractivity contribution in [2.45, 2.75) is 4.90 Å². The normalized spacial score (nSPS) is 15.4. The van der Waals surface area contributed by atoms with Crippen LogP contribution in [0.3, 0.4) is 0 Å². The Labute approximate surface area is 193 Å². The standard InChI is InChI=1S/C20H19BrClN3O3S2/c1-28-18-5-3-2-4-15(18)17-13-29-20(23-17)24-8-10-25(11-9-24)30(26,27)19-7-6-14(21)12-16(19)22/h2-7,12-13H,8-11H2,1H3. The molecule has 1 aliphatic rings. The zero-order valence-electron chi connectivity index (χ0n) is 16.1. The number of ether oxygens (including phenoxy) is 1. The summed E-state index contributed by atoms with van der Waals surface area (Å²) in [7, 11) is -2.00. The highest BCUT2D eigenvalue weighted by Gasteiger charge is 2.31. The lowest BCUT2D eigenvalue weighted by Gasteiger charge is -2.33. The molecule has 30 heavy (non-hydrogen) atoms. The lowest BCUT2D eigenvalue weighted by atomic mass is 10.1. The topological polar surface area (TPSA) is 62.7 Å². The molecule has 0 atom stereocenters. The van der Waals surface area contributed by atoms with Crippen LogP contribution < -0.4 is 9.64 Å². The molecule has 0 N–H and O–H groups in total. The number of benzene rings is 2. The summed E-state index contributed by atoms with van der Waals surface area (Å²) >= 11 is 11.0. The van der Waals surface area contributed by atoms with Crippen molar-refractivity contribution < 1.29 is 13.2 Å². The number of anilines is 1. The summed E-state index contributed by atoms with van der Waals surface area (Å²) in [6.07, 6.45) is 0. The lowest BCUT2D eigenvalue weighted by Crippen LogP contribution is -2.48. The van der Waals surface area contributed by atoms with Crippen molar-refractivity contribution in [2.75, 3.05) is 38.2 Å². The zero-order valence-corrected chi connectivity index (χ0v) is 20.1. The molecule has 6 nitrogen and oxygen atoms in total. The first-order valence-corrected chi connectivity index (χ1v) is 12.7. The Morgan fingerprint density at radius 3 is 2.57 bits per heavy atom. The third-order valence-corrected chi connectivity index (χ3v) is 8.67. The highest BCUT2D eigenvalue weighted by molar-refractivity contribution is 9.10. The first kappa shape index (κ1) is 21.6. The quantitative estimate of drug-likeness (QED) is 0.478. The van der Waals surface area contributed by atoms with E-state index in [1.54, 1.807) is 30.6 Å². The van der Waals surface area contributed by atoms with Crippen LogP contribution in [0.4, 0.5) is 5.13 Å². The summed E-state index contributed by atoms with van der Waals surface area (Å²) in [5.74, 6) is 0.775. The van der Waals surface area contributed by atoms with Crippen molar-refractivity contribution in [1.29, 1.82) is 0 Å². The fourth-order valence-electron chi connectivity index (χ4n) is 3.33. The molecule has 0 unspecified atom stereocenters. The van der Waals surface area contributed by atoms with Crippen molar-refractivity contribution >= 4 is 54.0 Å². The van der Waals surface area contributed by atoms with E-state index in [0.717, 1.165) is 26.6 Å². The smallest absolute Gasteiger partial charge is 0.244 e. The number of thiazole rings is 1. The van der Waals surface area contributed by atoms with Crippen LogP contribution in [0.1, 0.15) is 0 Å². The maximum atomic E-state index is 13.0. The first-order chi connectivity index (χ1) is 14.4. The molecule has 10 heteroatoms. The summed E-state index contributed by atoms with van der Waals surface area (Å²) in [6.45, 7) is 1.87. The first-order valence-electron chi connectivity index (χ1n) is 9.19. The molecule has 0 bridgehead atoms. The minimum atomic E-state index is -3.64. The van der Waals surface area contributed by atoms with Gasteiger partial charge in [-0.2, -0.15) is 4.31 Å². The van der Waals surface area contributed by atoms with Crippen molar-refractivity contribution in [3.63, 3.8) is 0 Å². The van der Waals surface area contributed by atoms with E-state index >= 15 is 0 Å². The summed E-state index contributed by atoms with van der Waals surface area (Å²) < 4.78 is 33.7. The Balaban J connectivity index is 1.48. The van der Waals surface area contributed by atoms with E-state index in [9.17, 15) is 8.42 Å². The second-order valence-corrected chi connectivity index (χ2v) is 10.7. The fourth-order valence-corrected chi connectivity index (χ4v) is 6.65. The Morgan fingerprint density at radius 2 is 1.87 bits per heavy atom. The molecular formula is C20H19BrClN3O3S2. The SMILES string of the molecule is COc1ccccc1-c1csc(N2CCN(S(=O)(=O)c3ccc(Br)cc3Cl)CC2)n1. The van der Waals surface area contributed by atoms with Crippen LogP contribution in [0.15, 0.2) is 57.2 Å². The number of piperazine rings is 1. The summed E-state index contributed by atoms with van der Waals surface area (Å²) in [4.78, 5) is 6.99. The van der Waals surface area contributed by atoms with Crippen molar-refractivity contribution in [1.82, 2.24) is 9.29 Å². The van der Waals surface area contributed by atoms with Gasteiger partial charge in [-0.25, -0.2) is 13.4 Å². The summed E-state index contributed by atoms with van der Waals surface area (Å²) in [6, 6.07) is 12.6. The summed E-state index contributed by atoms with van der Waals surface area (Å²) in [5.41, 5.74) is 1.79. The van der Waals surface area contributed by atoms with Gasteiger partial charge in [0.1, 0.15) is 10.6 Å². The van der Waals surface area contributed by atoms with E-state index in [0.29, 0.717) is 26.2 Å². The Bertz CT molecular complexity index is 1160. The van der Waals surface area contributed by atoms with Crippen LogP contribution in [0.25, 0.3) is 11.3 Å². The van der Waals surface area contributed by atoms with Gasteiger partial charge in [0.05, 0.1) is 17.8 Å². The molecule has 0 amide bonds. The van der Waals surface area contributed by atoms with Crippen molar-refractivity contribution in [2.24, 2.45) is 0 Å². The Kier molecular flexibility index (Phi) is 6.36. The van der Waals surface area contributed by atoms with Crippen LogP contribution in [0, 0.1) is 0 Å². The second kappa shape index (κ2) is 8.84. The molecule has 0 radical (unpaired) electrons. The van der Waals surface area contributed by atoms with Gasteiger partial charge in [-0.3, -0.25) is 0 Å². The number of methoxy groups -OCH3 is 1. The molecule has 1 aromatic heterocycles. The van der Waals surface area contributed by atoms with E-state index in [1.807, 2.05) is 29.6 Å². The number of halogens is 2. The highest BCUT2D eigenvalue weighted by Crippen LogP contribution is 2.34. The molecular weight excluding hydrogens is 510 g/mol. The maximum absolute atomic E-state index is 13.0. The molecule has 3 aromatic rings. The van der Waals surface area contributed by atoms with E-state index in [-0.39, 0.29) is 9.92 Å². The van der Waals surface area contributed by atoms with Crippen LogP contribution in [-0.2, 0) is 10.0 Å².